The Morgan fingerprint density at radius 2 is 2.00 bits per heavy atom. The average Bonchev–Trinajstić information content (AvgIpc) is 2.29. The first-order valence-corrected chi connectivity index (χ1v) is 5.14. The van der Waals surface area contributed by atoms with E-state index < -0.39 is 0 Å². The monoisotopic (exact) mass is 193 g/mol. The number of carbonyl (C=O) groups excluding carboxylic acids is 1. The summed E-state index contributed by atoms with van der Waals surface area (Å²) in [4.78, 5) is 10.3. The maximum atomic E-state index is 10.3. The normalized spacial score (nSPS) is 17.9. The van der Waals surface area contributed by atoms with Gasteiger partial charge < -0.3 is 5.32 Å². The summed E-state index contributed by atoms with van der Waals surface area (Å²) in [6, 6.07) is 0. The fourth-order valence-electron chi connectivity index (χ4n) is 1.66. The Hall–Kier alpha value is -1.05. The van der Waals surface area contributed by atoms with E-state index in [0.29, 0.717) is 0 Å². The van der Waals surface area contributed by atoms with Crippen LogP contribution in [0.1, 0.15) is 40.0 Å². The molecule has 1 N–H and O–H groups in total. The van der Waals surface area contributed by atoms with Crippen LogP contribution in [0, 0.1) is 5.41 Å². The maximum Gasteiger partial charge on any atom is 0.211 e. The number of amides is 1. The van der Waals surface area contributed by atoms with Gasteiger partial charge in [0.05, 0.1) is 0 Å². The fraction of sp³-hybridized carbons (Fsp3) is 0.583. The minimum Gasteiger partial charge on any atom is -0.332 e. The van der Waals surface area contributed by atoms with Gasteiger partial charge in [0.25, 0.3) is 0 Å². The lowest BCUT2D eigenvalue weighted by Crippen LogP contribution is -2.09. The lowest BCUT2D eigenvalue weighted by molar-refractivity contribution is -0.109. The van der Waals surface area contributed by atoms with Gasteiger partial charge in [-0.15, -0.1) is 0 Å². The zero-order valence-electron chi connectivity index (χ0n) is 9.26. The number of hydrogen-bond acceptors (Lipinski definition) is 1. The molecule has 0 aromatic heterocycles. The van der Waals surface area contributed by atoms with E-state index in [1.165, 1.54) is 5.57 Å². The quantitative estimate of drug-likeness (QED) is 0.671. The van der Waals surface area contributed by atoms with E-state index in [1.807, 2.05) is 6.08 Å². The smallest absolute Gasteiger partial charge is 0.211 e. The first-order chi connectivity index (χ1) is 6.54. The second-order valence-corrected chi connectivity index (χ2v) is 4.75. The van der Waals surface area contributed by atoms with Crippen LogP contribution in [0.5, 0.6) is 0 Å². The van der Waals surface area contributed by atoms with Crippen LogP contribution >= 0.6 is 0 Å². The van der Waals surface area contributed by atoms with Crippen molar-refractivity contribution in [2.75, 3.05) is 0 Å². The summed E-state index contributed by atoms with van der Waals surface area (Å²) >= 11 is 0. The fourth-order valence-corrected chi connectivity index (χ4v) is 1.66. The van der Waals surface area contributed by atoms with Crippen molar-refractivity contribution in [3.8, 4) is 0 Å². The van der Waals surface area contributed by atoms with Crippen molar-refractivity contribution in [3.63, 3.8) is 0 Å². The van der Waals surface area contributed by atoms with Crippen molar-refractivity contribution in [3.05, 3.63) is 23.4 Å². The highest BCUT2D eigenvalue weighted by Crippen LogP contribution is 2.31. The van der Waals surface area contributed by atoms with Crippen LogP contribution in [0.3, 0.4) is 0 Å². The van der Waals surface area contributed by atoms with Gasteiger partial charge >= 0.3 is 0 Å². The van der Waals surface area contributed by atoms with Gasteiger partial charge in [-0.25, -0.2) is 0 Å². The number of carbonyl (C=O) groups is 1. The van der Waals surface area contributed by atoms with Crippen molar-refractivity contribution in [1.29, 1.82) is 0 Å². The number of allylic oxidation sites excluding steroid dienone is 4. The molecule has 0 aromatic rings. The van der Waals surface area contributed by atoms with E-state index in [-0.39, 0.29) is 5.41 Å². The van der Waals surface area contributed by atoms with Crippen molar-refractivity contribution in [1.82, 2.24) is 5.32 Å². The molecule has 0 spiro atoms. The topological polar surface area (TPSA) is 29.1 Å². The van der Waals surface area contributed by atoms with Gasteiger partial charge in [0, 0.05) is 5.70 Å². The molecule has 1 aliphatic carbocycles. The van der Waals surface area contributed by atoms with Crippen LogP contribution in [0.25, 0.3) is 0 Å². The molecular weight excluding hydrogens is 174 g/mol. The number of nitrogens with one attached hydrogen (secondary N) is 1. The molecule has 0 bridgehead atoms. The van der Waals surface area contributed by atoms with Gasteiger partial charge in [0.2, 0.25) is 6.41 Å². The van der Waals surface area contributed by atoms with Crippen LogP contribution in [-0.4, -0.2) is 6.41 Å². The van der Waals surface area contributed by atoms with Crippen molar-refractivity contribution < 1.29 is 4.79 Å². The van der Waals surface area contributed by atoms with Gasteiger partial charge in [-0.05, 0) is 30.8 Å². The Balaban J connectivity index is 2.77. The molecule has 0 unspecified atom stereocenters. The Morgan fingerprint density at radius 1 is 1.29 bits per heavy atom. The molecule has 0 saturated carbocycles. The molecular formula is C12H19NO. The molecule has 1 amide bonds. The van der Waals surface area contributed by atoms with Crippen molar-refractivity contribution in [2.24, 2.45) is 5.41 Å². The highest BCUT2D eigenvalue weighted by atomic mass is 16.1. The van der Waals surface area contributed by atoms with E-state index in [4.69, 9.17) is 0 Å². The third kappa shape index (κ3) is 3.02. The van der Waals surface area contributed by atoms with Crippen molar-refractivity contribution in [2.45, 2.75) is 40.0 Å². The first-order valence-electron chi connectivity index (χ1n) is 5.14. The Morgan fingerprint density at radius 3 is 2.57 bits per heavy atom. The third-order valence-corrected chi connectivity index (χ3v) is 2.59. The summed E-state index contributed by atoms with van der Waals surface area (Å²) in [6.45, 7) is 6.68. The lowest BCUT2D eigenvalue weighted by atomic mass is 9.84. The van der Waals surface area contributed by atoms with Crippen molar-refractivity contribution >= 4 is 6.41 Å². The van der Waals surface area contributed by atoms with Gasteiger partial charge in [0.1, 0.15) is 0 Å². The van der Waals surface area contributed by atoms with Gasteiger partial charge in [-0.1, -0.05) is 32.4 Å². The standard InChI is InChI=1S/C12H19NO/c1-12(2,3)10-5-4-6-11(8-7-10)13-9-14/h7-9H,4-6H2,1-3H3,(H,13,14). The summed E-state index contributed by atoms with van der Waals surface area (Å²) in [7, 11) is 0. The van der Waals surface area contributed by atoms with Gasteiger partial charge in [-0.2, -0.15) is 0 Å². The Kier molecular flexibility index (Phi) is 3.50. The summed E-state index contributed by atoms with van der Waals surface area (Å²) in [5.74, 6) is 0. The molecule has 0 saturated heterocycles. The summed E-state index contributed by atoms with van der Waals surface area (Å²) in [5, 5.41) is 2.73. The maximum absolute atomic E-state index is 10.3. The van der Waals surface area contributed by atoms with Crippen LogP contribution < -0.4 is 5.32 Å². The van der Waals surface area contributed by atoms with Crippen LogP contribution in [0.2, 0.25) is 0 Å². The number of rotatable bonds is 2. The Labute approximate surface area is 86.1 Å². The predicted molar refractivity (Wildman–Crippen MR) is 58.7 cm³/mol. The van der Waals surface area contributed by atoms with E-state index in [0.717, 1.165) is 31.4 Å². The second-order valence-electron chi connectivity index (χ2n) is 4.75. The highest BCUT2D eigenvalue weighted by molar-refractivity contribution is 5.50. The molecule has 0 aliphatic heterocycles. The van der Waals surface area contributed by atoms with Crippen LogP contribution in [0.15, 0.2) is 23.4 Å². The van der Waals surface area contributed by atoms with Gasteiger partial charge in [0.15, 0.2) is 0 Å². The molecule has 1 aliphatic rings. The summed E-state index contributed by atoms with van der Waals surface area (Å²) < 4.78 is 0. The van der Waals surface area contributed by atoms with Crippen LogP contribution in [-0.2, 0) is 4.79 Å². The molecule has 0 atom stereocenters. The first kappa shape index (κ1) is 11.0. The average molecular weight is 193 g/mol. The molecule has 78 valence electrons. The molecule has 2 nitrogen and oxygen atoms in total. The minimum atomic E-state index is 0.243. The molecule has 1 rings (SSSR count). The van der Waals surface area contributed by atoms with Crippen LogP contribution in [0.4, 0.5) is 0 Å². The SMILES string of the molecule is CC(C)(C)C1=CC=C(NC=O)CCC1. The van der Waals surface area contributed by atoms with E-state index in [1.54, 1.807) is 0 Å². The zero-order valence-corrected chi connectivity index (χ0v) is 9.26. The molecule has 0 fully saturated rings. The summed E-state index contributed by atoms with van der Waals surface area (Å²) in [5.41, 5.74) is 2.73. The lowest BCUT2D eigenvalue weighted by Gasteiger charge is -2.22. The third-order valence-electron chi connectivity index (χ3n) is 2.59. The largest absolute Gasteiger partial charge is 0.332 e. The zero-order chi connectivity index (χ0) is 10.6. The highest BCUT2D eigenvalue weighted by Gasteiger charge is 2.17. The number of hydrogen-bond donors (Lipinski definition) is 1. The van der Waals surface area contributed by atoms with E-state index in [2.05, 4.69) is 32.2 Å². The molecule has 0 aromatic carbocycles. The van der Waals surface area contributed by atoms with E-state index >= 15 is 0 Å². The van der Waals surface area contributed by atoms with E-state index in [9.17, 15) is 4.79 Å². The van der Waals surface area contributed by atoms with Gasteiger partial charge in [-0.3, -0.25) is 4.79 Å². The minimum absolute atomic E-state index is 0.243. The second kappa shape index (κ2) is 4.45. The molecule has 0 radical (unpaired) electrons. The Bertz CT molecular complexity index is 269. The molecule has 14 heavy (non-hydrogen) atoms. The predicted octanol–water partition coefficient (Wildman–Crippen LogP) is 2.77. The summed E-state index contributed by atoms with van der Waals surface area (Å²) in [6.07, 6.45) is 8.15. The molecule has 2 heteroatoms. The molecule has 0 heterocycles.